The molecule has 4 aromatic heterocycles. The summed E-state index contributed by atoms with van der Waals surface area (Å²) < 4.78 is 6.19. The van der Waals surface area contributed by atoms with E-state index in [2.05, 4.69) is 133 Å². The van der Waals surface area contributed by atoms with E-state index in [0.29, 0.717) is 17.5 Å². The van der Waals surface area contributed by atoms with Gasteiger partial charge in [0.15, 0.2) is 17.5 Å². The number of rotatable bonds is 5. The predicted octanol–water partition coefficient (Wildman–Crippen LogP) is 13.6. The molecule has 11 aromatic rings. The second-order valence-corrected chi connectivity index (χ2v) is 16.2. The molecule has 0 aliphatic carbocycles. The lowest BCUT2D eigenvalue weighted by Crippen LogP contribution is -2.00. The van der Waals surface area contributed by atoms with Gasteiger partial charge in [0.05, 0.1) is 10.2 Å². The number of hydrogen-bond donors (Lipinski definition) is 0. The number of thiophene rings is 2. The third-order valence-corrected chi connectivity index (χ3v) is 13.2. The second-order valence-electron chi connectivity index (χ2n) is 13.0. The Bertz CT molecular complexity index is 3160. The van der Waals surface area contributed by atoms with Crippen LogP contribution in [0, 0.1) is 0 Å². The van der Waals surface area contributed by atoms with Crippen LogP contribution in [0.1, 0.15) is 0 Å². The summed E-state index contributed by atoms with van der Waals surface area (Å²) in [6, 6.07) is 55.5. The van der Waals surface area contributed by atoms with Crippen molar-refractivity contribution in [1.82, 2.24) is 19.9 Å². The zero-order chi connectivity index (χ0) is 34.9. The highest BCUT2D eigenvalue weighted by atomic mass is 32.1. The van der Waals surface area contributed by atoms with E-state index in [0.717, 1.165) is 43.7 Å². The maximum absolute atomic E-state index is 5.23. The molecule has 248 valence electrons. The number of aromatic nitrogens is 4. The molecular formula is C46H26N4S3. The Morgan fingerprint density at radius 1 is 0.340 bits per heavy atom. The van der Waals surface area contributed by atoms with E-state index < -0.39 is 0 Å². The molecule has 0 aliphatic rings. The Morgan fingerprint density at radius 2 is 1.02 bits per heavy atom. The molecular weight excluding hydrogens is 705 g/mol. The molecule has 0 aliphatic heterocycles. The van der Waals surface area contributed by atoms with Crippen molar-refractivity contribution in [3.63, 3.8) is 0 Å². The number of thiazole rings is 1. The number of hydrogen-bond acceptors (Lipinski definition) is 7. The number of benzene rings is 7. The van der Waals surface area contributed by atoms with Crippen LogP contribution in [0.25, 0.3) is 106 Å². The fourth-order valence-corrected chi connectivity index (χ4v) is 10.7. The van der Waals surface area contributed by atoms with Gasteiger partial charge in [0.25, 0.3) is 0 Å². The van der Waals surface area contributed by atoms with E-state index in [9.17, 15) is 0 Å². The van der Waals surface area contributed by atoms with Crippen molar-refractivity contribution in [3.8, 4) is 55.9 Å². The maximum atomic E-state index is 5.23. The highest BCUT2D eigenvalue weighted by molar-refractivity contribution is 7.26. The third kappa shape index (κ3) is 5.16. The average molecular weight is 731 g/mol. The molecule has 4 heterocycles. The number of fused-ring (bicyclic) bond motifs is 7. The van der Waals surface area contributed by atoms with Gasteiger partial charge in [-0.2, -0.15) is 0 Å². The molecule has 0 fully saturated rings. The van der Waals surface area contributed by atoms with Crippen molar-refractivity contribution in [2.45, 2.75) is 0 Å². The van der Waals surface area contributed by atoms with Crippen LogP contribution in [0.2, 0.25) is 0 Å². The first-order valence-electron chi connectivity index (χ1n) is 17.4. The van der Waals surface area contributed by atoms with Crippen LogP contribution in [0.15, 0.2) is 158 Å². The topological polar surface area (TPSA) is 51.6 Å². The van der Waals surface area contributed by atoms with Gasteiger partial charge in [0.1, 0.15) is 5.01 Å². The molecule has 0 spiro atoms. The van der Waals surface area contributed by atoms with Gasteiger partial charge < -0.3 is 0 Å². The molecule has 0 unspecified atom stereocenters. The Morgan fingerprint density at radius 3 is 1.92 bits per heavy atom. The number of nitrogens with zero attached hydrogens (tertiary/aromatic N) is 4. The summed E-state index contributed by atoms with van der Waals surface area (Å²) in [5.74, 6) is 1.96. The quantitative estimate of drug-likeness (QED) is 0.177. The van der Waals surface area contributed by atoms with Crippen LogP contribution >= 0.6 is 34.0 Å². The molecule has 0 N–H and O–H groups in total. The number of para-hydroxylation sites is 1. The Balaban J connectivity index is 1.07. The summed E-state index contributed by atoms with van der Waals surface area (Å²) in [7, 11) is 0. The minimum atomic E-state index is 0.647. The van der Waals surface area contributed by atoms with E-state index in [-0.39, 0.29) is 0 Å². The van der Waals surface area contributed by atoms with Gasteiger partial charge in [-0.15, -0.1) is 34.0 Å². The first kappa shape index (κ1) is 30.5. The lowest BCUT2D eigenvalue weighted by Gasteiger charge is -2.11. The maximum Gasteiger partial charge on any atom is 0.164 e. The van der Waals surface area contributed by atoms with E-state index in [1.165, 1.54) is 45.2 Å². The van der Waals surface area contributed by atoms with Gasteiger partial charge in [0.2, 0.25) is 0 Å². The monoisotopic (exact) mass is 730 g/mol. The van der Waals surface area contributed by atoms with Gasteiger partial charge in [-0.3, -0.25) is 0 Å². The second kappa shape index (κ2) is 12.2. The molecule has 53 heavy (non-hydrogen) atoms. The summed E-state index contributed by atoms with van der Waals surface area (Å²) in [6.45, 7) is 0. The van der Waals surface area contributed by atoms with Gasteiger partial charge in [-0.25, -0.2) is 19.9 Å². The fourth-order valence-electron chi connectivity index (χ4n) is 7.28. The molecule has 0 saturated carbocycles. The van der Waals surface area contributed by atoms with E-state index in [4.69, 9.17) is 19.9 Å². The molecule has 0 radical (unpaired) electrons. The van der Waals surface area contributed by atoms with Gasteiger partial charge in [-0.05, 0) is 47.5 Å². The van der Waals surface area contributed by atoms with E-state index in [1.807, 2.05) is 35.6 Å². The highest BCUT2D eigenvalue weighted by Crippen LogP contribution is 2.43. The average Bonchev–Trinajstić information content (AvgIpc) is 3.94. The summed E-state index contributed by atoms with van der Waals surface area (Å²) in [5, 5.41) is 5.96. The van der Waals surface area contributed by atoms with Crippen LogP contribution in [-0.4, -0.2) is 19.9 Å². The Hall–Kier alpha value is -6.12. The molecule has 0 amide bonds. The van der Waals surface area contributed by atoms with Gasteiger partial charge in [0, 0.05) is 62.6 Å². The summed E-state index contributed by atoms with van der Waals surface area (Å²) >= 11 is 5.37. The smallest absolute Gasteiger partial charge is 0.164 e. The molecule has 11 rings (SSSR count). The van der Waals surface area contributed by atoms with E-state index >= 15 is 0 Å². The van der Waals surface area contributed by atoms with Crippen molar-refractivity contribution >= 4 is 84.6 Å². The van der Waals surface area contributed by atoms with Crippen molar-refractivity contribution in [2.24, 2.45) is 0 Å². The van der Waals surface area contributed by atoms with Crippen molar-refractivity contribution in [3.05, 3.63) is 158 Å². The SMILES string of the molecule is c1ccc(-c2nc(-c3cccc(-c4cccc5c4sc4ccccc45)c3)nc(-c3cccc4sc5cc(-c6nc7ccccc7s6)ccc5c34)n2)cc1. The molecule has 0 saturated heterocycles. The van der Waals surface area contributed by atoms with Crippen LogP contribution < -0.4 is 0 Å². The first-order valence-corrected chi connectivity index (χ1v) is 19.8. The highest BCUT2D eigenvalue weighted by Gasteiger charge is 2.19. The van der Waals surface area contributed by atoms with Crippen LogP contribution in [0.5, 0.6) is 0 Å². The minimum absolute atomic E-state index is 0.647. The van der Waals surface area contributed by atoms with Gasteiger partial charge in [-0.1, -0.05) is 121 Å². The fraction of sp³-hybridized carbons (Fsp3) is 0. The van der Waals surface area contributed by atoms with Crippen molar-refractivity contribution in [1.29, 1.82) is 0 Å². The predicted molar refractivity (Wildman–Crippen MR) is 226 cm³/mol. The van der Waals surface area contributed by atoms with Crippen LogP contribution in [0.4, 0.5) is 0 Å². The third-order valence-electron chi connectivity index (χ3n) is 9.78. The van der Waals surface area contributed by atoms with E-state index in [1.54, 1.807) is 22.7 Å². The van der Waals surface area contributed by atoms with Crippen LogP contribution in [0.3, 0.4) is 0 Å². The minimum Gasteiger partial charge on any atom is -0.236 e. The molecule has 7 aromatic carbocycles. The van der Waals surface area contributed by atoms with Crippen LogP contribution in [-0.2, 0) is 0 Å². The standard InChI is InChI=1S/C46H26N4S3/c1-2-11-27(12-3-1)43-48-44(29-14-8-13-28(25-29)31-16-9-17-33-32-15-4-6-20-37(32)52-42(31)33)50-45(49-43)35-18-10-22-39-41(35)34-24-23-30(26-40(34)51-39)46-47-36-19-5-7-21-38(36)53-46/h1-26H. The molecule has 0 bridgehead atoms. The molecule has 7 heteroatoms. The molecule has 0 atom stereocenters. The lowest BCUT2D eigenvalue weighted by atomic mass is 10.0. The zero-order valence-corrected chi connectivity index (χ0v) is 30.5. The van der Waals surface area contributed by atoms with Crippen molar-refractivity contribution < 1.29 is 0 Å². The Kier molecular flexibility index (Phi) is 7.05. The summed E-state index contributed by atoms with van der Waals surface area (Å²) in [5.41, 5.74) is 7.41. The zero-order valence-electron chi connectivity index (χ0n) is 28.0. The van der Waals surface area contributed by atoms with Gasteiger partial charge >= 0.3 is 0 Å². The Labute approximate surface area is 316 Å². The summed E-state index contributed by atoms with van der Waals surface area (Å²) in [6.07, 6.45) is 0. The summed E-state index contributed by atoms with van der Waals surface area (Å²) in [4.78, 5) is 20.4. The van der Waals surface area contributed by atoms with Crippen molar-refractivity contribution in [2.75, 3.05) is 0 Å². The normalized spacial score (nSPS) is 11.8. The lowest BCUT2D eigenvalue weighted by molar-refractivity contribution is 1.08. The largest absolute Gasteiger partial charge is 0.236 e. The molecule has 4 nitrogen and oxygen atoms in total. The first-order chi connectivity index (χ1) is 26.2.